The summed E-state index contributed by atoms with van der Waals surface area (Å²) in [4.78, 5) is 12.5. The van der Waals surface area contributed by atoms with Crippen LogP contribution in [0.3, 0.4) is 0 Å². The zero-order valence-electron chi connectivity index (χ0n) is 19.1. The van der Waals surface area contributed by atoms with E-state index in [1.807, 2.05) is 31.2 Å². The highest BCUT2D eigenvalue weighted by Gasteiger charge is 2.25. The standard InChI is InChI=1S/C26H32N2O3/c1-6-9-21-25(20-11-8-7-10-17(20)2)24(26(27)29)18(3)28(21)15-14-19-12-13-22(30-4)23(16-19)31-5/h7-8,10-13,16H,6,9,14-15H2,1-5H3,(H2,27,29). The van der Waals surface area contributed by atoms with E-state index in [2.05, 4.69) is 36.6 Å². The molecule has 0 saturated carbocycles. The molecule has 0 fully saturated rings. The largest absolute Gasteiger partial charge is 0.493 e. The minimum absolute atomic E-state index is 0.377. The van der Waals surface area contributed by atoms with Crippen molar-refractivity contribution in [2.24, 2.45) is 5.73 Å². The van der Waals surface area contributed by atoms with Gasteiger partial charge in [0.15, 0.2) is 11.5 Å². The van der Waals surface area contributed by atoms with Gasteiger partial charge < -0.3 is 19.8 Å². The Labute approximate surface area is 184 Å². The Balaban J connectivity index is 2.07. The number of ether oxygens (including phenoxy) is 2. The highest BCUT2D eigenvalue weighted by Crippen LogP contribution is 2.36. The zero-order valence-corrected chi connectivity index (χ0v) is 19.1. The molecule has 0 spiro atoms. The van der Waals surface area contributed by atoms with E-state index in [-0.39, 0.29) is 5.91 Å². The number of nitrogens with zero attached hydrogens (tertiary/aromatic N) is 1. The van der Waals surface area contributed by atoms with E-state index in [0.29, 0.717) is 11.3 Å². The molecule has 3 rings (SSSR count). The summed E-state index contributed by atoms with van der Waals surface area (Å²) in [5, 5.41) is 0. The van der Waals surface area contributed by atoms with Gasteiger partial charge >= 0.3 is 0 Å². The second-order valence-electron chi connectivity index (χ2n) is 7.80. The molecule has 0 aliphatic carbocycles. The quantitative estimate of drug-likeness (QED) is 0.525. The lowest BCUT2D eigenvalue weighted by atomic mass is 9.94. The van der Waals surface area contributed by atoms with E-state index in [4.69, 9.17) is 15.2 Å². The van der Waals surface area contributed by atoms with Crippen molar-refractivity contribution in [1.82, 2.24) is 4.57 Å². The summed E-state index contributed by atoms with van der Waals surface area (Å²) < 4.78 is 13.1. The number of primary amides is 1. The predicted molar refractivity (Wildman–Crippen MR) is 125 cm³/mol. The van der Waals surface area contributed by atoms with Gasteiger partial charge in [-0.05, 0) is 55.5 Å². The molecule has 0 radical (unpaired) electrons. The number of hydrogen-bond donors (Lipinski definition) is 1. The Hall–Kier alpha value is -3.21. The number of amides is 1. The molecule has 0 saturated heterocycles. The first kappa shape index (κ1) is 22.5. The lowest BCUT2D eigenvalue weighted by molar-refractivity contribution is 0.1000. The molecule has 0 aliphatic heterocycles. The Kier molecular flexibility index (Phi) is 7.06. The number of carbonyl (C=O) groups excluding carboxylic acids is 1. The van der Waals surface area contributed by atoms with Crippen LogP contribution in [0.5, 0.6) is 11.5 Å². The van der Waals surface area contributed by atoms with Gasteiger partial charge in [0.25, 0.3) is 5.91 Å². The van der Waals surface area contributed by atoms with Crippen molar-refractivity contribution in [1.29, 1.82) is 0 Å². The normalized spacial score (nSPS) is 10.9. The number of nitrogens with two attached hydrogens (primary N) is 1. The van der Waals surface area contributed by atoms with Gasteiger partial charge in [0.1, 0.15) is 0 Å². The fourth-order valence-electron chi connectivity index (χ4n) is 4.32. The molecule has 0 aliphatic rings. The van der Waals surface area contributed by atoms with Crippen molar-refractivity contribution >= 4 is 5.91 Å². The van der Waals surface area contributed by atoms with Gasteiger partial charge in [-0.3, -0.25) is 4.79 Å². The molecule has 0 unspecified atom stereocenters. The van der Waals surface area contributed by atoms with Crippen LogP contribution >= 0.6 is 0 Å². The molecule has 31 heavy (non-hydrogen) atoms. The maximum atomic E-state index is 12.5. The molecule has 1 heterocycles. The molecule has 0 atom stereocenters. The van der Waals surface area contributed by atoms with Crippen molar-refractivity contribution in [3.05, 3.63) is 70.5 Å². The predicted octanol–water partition coefficient (Wildman–Crippen LogP) is 5.08. The van der Waals surface area contributed by atoms with Crippen LogP contribution in [0.4, 0.5) is 0 Å². The Morgan fingerprint density at radius 2 is 1.71 bits per heavy atom. The fourth-order valence-corrected chi connectivity index (χ4v) is 4.32. The molecule has 1 aromatic heterocycles. The molecule has 2 aromatic carbocycles. The summed E-state index contributed by atoms with van der Waals surface area (Å²) >= 11 is 0. The van der Waals surface area contributed by atoms with E-state index in [9.17, 15) is 4.79 Å². The maximum Gasteiger partial charge on any atom is 0.251 e. The lowest BCUT2D eigenvalue weighted by Gasteiger charge is -2.15. The van der Waals surface area contributed by atoms with Crippen LogP contribution in [-0.4, -0.2) is 24.7 Å². The SMILES string of the molecule is CCCc1c(-c2ccccc2C)c(C(N)=O)c(C)n1CCc1ccc(OC)c(OC)c1. The van der Waals surface area contributed by atoms with Gasteiger partial charge in [0.05, 0.1) is 19.8 Å². The highest BCUT2D eigenvalue weighted by atomic mass is 16.5. The smallest absolute Gasteiger partial charge is 0.251 e. The monoisotopic (exact) mass is 420 g/mol. The third-order valence-corrected chi connectivity index (χ3v) is 5.85. The third kappa shape index (κ3) is 4.46. The Morgan fingerprint density at radius 3 is 2.32 bits per heavy atom. The first-order valence-electron chi connectivity index (χ1n) is 10.7. The molecule has 2 N–H and O–H groups in total. The van der Waals surface area contributed by atoms with E-state index in [0.717, 1.165) is 59.5 Å². The van der Waals surface area contributed by atoms with Gasteiger partial charge in [-0.25, -0.2) is 0 Å². The summed E-state index contributed by atoms with van der Waals surface area (Å²) in [7, 11) is 3.28. The maximum absolute atomic E-state index is 12.5. The van der Waals surface area contributed by atoms with Crippen LogP contribution < -0.4 is 15.2 Å². The fraction of sp³-hybridized carbons (Fsp3) is 0.346. The zero-order chi connectivity index (χ0) is 22.5. The molecule has 5 nitrogen and oxygen atoms in total. The van der Waals surface area contributed by atoms with Crippen LogP contribution in [-0.2, 0) is 19.4 Å². The van der Waals surface area contributed by atoms with Gasteiger partial charge in [-0.15, -0.1) is 0 Å². The van der Waals surface area contributed by atoms with E-state index >= 15 is 0 Å². The number of rotatable bonds is 9. The Morgan fingerprint density at radius 1 is 1.00 bits per heavy atom. The van der Waals surface area contributed by atoms with Crippen molar-refractivity contribution in [3.8, 4) is 22.6 Å². The van der Waals surface area contributed by atoms with Gasteiger partial charge in [-0.1, -0.05) is 43.7 Å². The summed E-state index contributed by atoms with van der Waals surface area (Å²) in [5.74, 6) is 1.06. The number of carbonyl (C=O) groups is 1. The van der Waals surface area contributed by atoms with Crippen LogP contribution in [0, 0.1) is 13.8 Å². The summed E-state index contributed by atoms with van der Waals surface area (Å²) in [6, 6.07) is 14.2. The van der Waals surface area contributed by atoms with E-state index < -0.39 is 0 Å². The van der Waals surface area contributed by atoms with Crippen LogP contribution in [0.2, 0.25) is 0 Å². The molecular weight excluding hydrogens is 388 g/mol. The van der Waals surface area contributed by atoms with Crippen LogP contribution in [0.15, 0.2) is 42.5 Å². The average molecular weight is 421 g/mol. The Bertz CT molecular complexity index is 1080. The number of benzene rings is 2. The van der Waals surface area contributed by atoms with Gasteiger partial charge in [0.2, 0.25) is 0 Å². The number of aryl methyl sites for hydroxylation is 2. The number of methoxy groups -OCH3 is 2. The van der Waals surface area contributed by atoms with E-state index in [1.54, 1.807) is 14.2 Å². The average Bonchev–Trinajstić information content (AvgIpc) is 3.03. The second kappa shape index (κ2) is 9.73. The van der Waals surface area contributed by atoms with Crippen molar-refractivity contribution < 1.29 is 14.3 Å². The number of hydrogen-bond acceptors (Lipinski definition) is 3. The molecular formula is C26H32N2O3. The minimum Gasteiger partial charge on any atom is -0.493 e. The second-order valence-corrected chi connectivity index (χ2v) is 7.80. The summed E-state index contributed by atoms with van der Waals surface area (Å²) in [5.41, 5.74) is 12.9. The van der Waals surface area contributed by atoms with Gasteiger partial charge in [0, 0.05) is 23.5 Å². The van der Waals surface area contributed by atoms with E-state index in [1.165, 1.54) is 5.69 Å². The molecule has 3 aromatic rings. The molecule has 164 valence electrons. The van der Waals surface area contributed by atoms with Crippen LogP contribution in [0.1, 0.15) is 46.2 Å². The topological polar surface area (TPSA) is 66.5 Å². The van der Waals surface area contributed by atoms with Gasteiger partial charge in [-0.2, -0.15) is 0 Å². The first-order chi connectivity index (χ1) is 14.9. The first-order valence-corrected chi connectivity index (χ1v) is 10.7. The molecule has 1 amide bonds. The number of aromatic nitrogens is 1. The summed E-state index contributed by atoms with van der Waals surface area (Å²) in [6.07, 6.45) is 2.67. The molecule has 5 heteroatoms. The highest BCUT2D eigenvalue weighted by molar-refractivity contribution is 6.02. The lowest BCUT2D eigenvalue weighted by Crippen LogP contribution is -2.14. The third-order valence-electron chi connectivity index (χ3n) is 5.85. The summed E-state index contributed by atoms with van der Waals surface area (Å²) in [6.45, 7) is 6.98. The van der Waals surface area contributed by atoms with Crippen molar-refractivity contribution in [3.63, 3.8) is 0 Å². The minimum atomic E-state index is -0.377. The van der Waals surface area contributed by atoms with Crippen molar-refractivity contribution in [2.45, 2.75) is 46.6 Å². The molecule has 0 bridgehead atoms. The van der Waals surface area contributed by atoms with Crippen molar-refractivity contribution in [2.75, 3.05) is 14.2 Å². The van der Waals surface area contributed by atoms with Crippen LogP contribution in [0.25, 0.3) is 11.1 Å².